The quantitative estimate of drug-likeness (QED) is 0.608. The van der Waals surface area contributed by atoms with E-state index < -0.39 is 0 Å². The first-order valence-corrected chi connectivity index (χ1v) is 4.80. The van der Waals surface area contributed by atoms with Gasteiger partial charge >= 0.3 is 0 Å². The summed E-state index contributed by atoms with van der Waals surface area (Å²) in [5.41, 5.74) is 0.352. The molecular formula is C12H16N2O. The Morgan fingerprint density at radius 3 is 2.53 bits per heavy atom. The number of rotatable bonds is 0. The van der Waals surface area contributed by atoms with E-state index in [9.17, 15) is 4.79 Å². The first-order valence-electron chi connectivity index (χ1n) is 4.80. The van der Waals surface area contributed by atoms with Crippen LogP contribution in [0, 0.1) is 11.8 Å². The zero-order chi connectivity index (χ0) is 11.6. The predicted molar refractivity (Wildman–Crippen MR) is 60.4 cm³/mol. The maximum absolute atomic E-state index is 11.5. The number of amides is 1. The van der Waals surface area contributed by atoms with Crippen LogP contribution >= 0.6 is 0 Å². The molecule has 0 saturated heterocycles. The number of carbonyl (C=O) groups is 1. The van der Waals surface area contributed by atoms with Crippen LogP contribution in [-0.2, 0) is 4.79 Å². The van der Waals surface area contributed by atoms with Crippen molar-refractivity contribution >= 4 is 5.91 Å². The lowest BCUT2D eigenvalue weighted by Crippen LogP contribution is -2.46. The lowest BCUT2D eigenvalue weighted by atomic mass is 10.0. The van der Waals surface area contributed by atoms with Crippen LogP contribution in [0.5, 0.6) is 0 Å². The smallest absolute Gasteiger partial charge is 0.266 e. The van der Waals surface area contributed by atoms with Crippen molar-refractivity contribution in [1.29, 1.82) is 0 Å². The standard InChI is InChI=1S/C12H16N2O/c1-6-7-10-8-14(12(3,4)5)9(2)13-11(10)15/h8H,2H2,1,3-5H3,(H,13,15). The third-order valence-corrected chi connectivity index (χ3v) is 2.03. The highest BCUT2D eigenvalue weighted by molar-refractivity contribution is 5.99. The van der Waals surface area contributed by atoms with Crippen molar-refractivity contribution in [3.05, 3.63) is 24.2 Å². The molecule has 3 heteroatoms. The van der Waals surface area contributed by atoms with Crippen LogP contribution in [0.3, 0.4) is 0 Å². The topological polar surface area (TPSA) is 32.3 Å². The highest BCUT2D eigenvalue weighted by Gasteiger charge is 2.27. The molecule has 0 bridgehead atoms. The van der Waals surface area contributed by atoms with Crippen LogP contribution < -0.4 is 5.32 Å². The predicted octanol–water partition coefficient (Wildman–Crippen LogP) is 1.60. The van der Waals surface area contributed by atoms with Crippen molar-refractivity contribution in [2.45, 2.75) is 33.2 Å². The van der Waals surface area contributed by atoms with E-state index in [4.69, 9.17) is 0 Å². The summed E-state index contributed by atoms with van der Waals surface area (Å²) >= 11 is 0. The molecule has 1 aliphatic rings. The molecule has 0 aromatic carbocycles. The van der Waals surface area contributed by atoms with Gasteiger partial charge in [0.05, 0.1) is 0 Å². The first kappa shape index (κ1) is 11.4. The molecule has 3 nitrogen and oxygen atoms in total. The van der Waals surface area contributed by atoms with Crippen molar-refractivity contribution in [1.82, 2.24) is 10.2 Å². The molecule has 0 fully saturated rings. The second-order valence-corrected chi connectivity index (χ2v) is 4.36. The van der Waals surface area contributed by atoms with Crippen LogP contribution in [0.4, 0.5) is 0 Å². The maximum Gasteiger partial charge on any atom is 0.266 e. The summed E-state index contributed by atoms with van der Waals surface area (Å²) in [6.07, 6.45) is 1.75. The van der Waals surface area contributed by atoms with E-state index in [1.807, 2.05) is 25.7 Å². The van der Waals surface area contributed by atoms with Gasteiger partial charge in [0.25, 0.3) is 5.91 Å². The molecule has 0 saturated carbocycles. The van der Waals surface area contributed by atoms with Crippen LogP contribution in [-0.4, -0.2) is 16.3 Å². The van der Waals surface area contributed by atoms with Gasteiger partial charge in [0.15, 0.2) is 0 Å². The Balaban J connectivity index is 3.13. The molecule has 0 aromatic heterocycles. The molecule has 0 aromatic rings. The van der Waals surface area contributed by atoms with Gasteiger partial charge in [-0.15, -0.1) is 5.92 Å². The van der Waals surface area contributed by atoms with E-state index in [0.29, 0.717) is 11.4 Å². The zero-order valence-corrected chi connectivity index (χ0v) is 9.64. The summed E-state index contributed by atoms with van der Waals surface area (Å²) in [7, 11) is 0. The van der Waals surface area contributed by atoms with Gasteiger partial charge in [0.2, 0.25) is 0 Å². The summed E-state index contributed by atoms with van der Waals surface area (Å²) < 4.78 is 0. The lowest BCUT2D eigenvalue weighted by Gasteiger charge is -2.38. The molecule has 15 heavy (non-hydrogen) atoms. The van der Waals surface area contributed by atoms with Crippen LogP contribution in [0.15, 0.2) is 24.2 Å². The zero-order valence-electron chi connectivity index (χ0n) is 9.64. The lowest BCUT2D eigenvalue weighted by molar-refractivity contribution is -0.117. The highest BCUT2D eigenvalue weighted by Crippen LogP contribution is 2.22. The molecule has 1 rings (SSSR count). The van der Waals surface area contributed by atoms with Gasteiger partial charge in [0.1, 0.15) is 11.4 Å². The second-order valence-electron chi connectivity index (χ2n) is 4.36. The Morgan fingerprint density at radius 1 is 1.47 bits per heavy atom. The first-order chi connectivity index (χ1) is 6.86. The van der Waals surface area contributed by atoms with Crippen molar-refractivity contribution in [2.24, 2.45) is 0 Å². The second kappa shape index (κ2) is 3.82. The van der Waals surface area contributed by atoms with Gasteiger partial charge in [-0.3, -0.25) is 4.79 Å². The normalized spacial score (nSPS) is 16.5. The van der Waals surface area contributed by atoms with E-state index in [2.05, 4.69) is 23.7 Å². The minimum atomic E-state index is -0.185. The van der Waals surface area contributed by atoms with Crippen molar-refractivity contribution < 1.29 is 4.79 Å². The summed E-state index contributed by atoms with van der Waals surface area (Å²) in [4.78, 5) is 13.4. The highest BCUT2D eigenvalue weighted by atomic mass is 16.2. The monoisotopic (exact) mass is 204 g/mol. The summed E-state index contributed by atoms with van der Waals surface area (Å²) in [5, 5.41) is 2.69. The summed E-state index contributed by atoms with van der Waals surface area (Å²) in [6, 6.07) is 0. The fraction of sp³-hybridized carbons (Fsp3) is 0.417. The molecule has 1 heterocycles. The van der Waals surface area contributed by atoms with Gasteiger partial charge in [-0.05, 0) is 27.7 Å². The van der Waals surface area contributed by atoms with E-state index in [0.717, 1.165) is 0 Å². The van der Waals surface area contributed by atoms with E-state index >= 15 is 0 Å². The fourth-order valence-corrected chi connectivity index (χ4v) is 1.35. The molecule has 0 atom stereocenters. The van der Waals surface area contributed by atoms with Crippen LogP contribution in [0.2, 0.25) is 0 Å². The molecule has 0 spiro atoms. The Hall–Kier alpha value is -1.69. The number of carbonyl (C=O) groups excluding carboxylic acids is 1. The van der Waals surface area contributed by atoms with Crippen molar-refractivity contribution in [2.75, 3.05) is 0 Å². The Kier molecular flexibility index (Phi) is 2.90. The molecule has 1 N–H and O–H groups in total. The maximum atomic E-state index is 11.5. The molecule has 0 unspecified atom stereocenters. The number of hydrogen-bond acceptors (Lipinski definition) is 2. The van der Waals surface area contributed by atoms with Gasteiger partial charge in [-0.25, -0.2) is 0 Å². The molecule has 80 valence electrons. The molecular weight excluding hydrogens is 188 g/mol. The van der Waals surface area contributed by atoms with Gasteiger partial charge in [-0.1, -0.05) is 12.5 Å². The van der Waals surface area contributed by atoms with Crippen molar-refractivity contribution in [3.63, 3.8) is 0 Å². The molecule has 1 aliphatic heterocycles. The number of hydrogen-bond donors (Lipinski definition) is 1. The van der Waals surface area contributed by atoms with Gasteiger partial charge in [-0.2, -0.15) is 0 Å². The van der Waals surface area contributed by atoms with E-state index in [1.165, 1.54) is 0 Å². The van der Waals surface area contributed by atoms with E-state index in [-0.39, 0.29) is 11.4 Å². The number of nitrogens with zero attached hydrogens (tertiary/aromatic N) is 1. The molecule has 0 radical (unpaired) electrons. The average Bonchev–Trinajstić information content (AvgIpc) is 2.07. The minimum Gasteiger partial charge on any atom is -0.328 e. The largest absolute Gasteiger partial charge is 0.328 e. The van der Waals surface area contributed by atoms with E-state index in [1.54, 1.807) is 13.1 Å². The van der Waals surface area contributed by atoms with Crippen LogP contribution in [0.25, 0.3) is 0 Å². The Labute approximate surface area is 90.8 Å². The summed E-state index contributed by atoms with van der Waals surface area (Å²) in [6.45, 7) is 11.6. The van der Waals surface area contributed by atoms with Crippen LogP contribution in [0.1, 0.15) is 27.7 Å². The fourth-order valence-electron chi connectivity index (χ4n) is 1.35. The SMILES string of the molecule is C=C1NC(=O)C(C#CC)=CN1C(C)(C)C. The Bertz CT molecular complexity index is 388. The third kappa shape index (κ3) is 2.41. The third-order valence-electron chi connectivity index (χ3n) is 2.03. The summed E-state index contributed by atoms with van der Waals surface area (Å²) in [5.74, 6) is 5.90. The van der Waals surface area contributed by atoms with Gasteiger partial charge in [0, 0.05) is 11.7 Å². The molecule has 0 aliphatic carbocycles. The number of nitrogens with one attached hydrogen (secondary N) is 1. The Morgan fingerprint density at radius 2 is 2.07 bits per heavy atom. The van der Waals surface area contributed by atoms with Gasteiger partial charge < -0.3 is 10.2 Å². The minimum absolute atomic E-state index is 0.120. The van der Waals surface area contributed by atoms with Crippen molar-refractivity contribution in [3.8, 4) is 11.8 Å². The average molecular weight is 204 g/mol. The molecule has 1 amide bonds.